The molecule has 0 aliphatic heterocycles. The molecule has 3 aromatic rings. The molecule has 8 heteroatoms. The normalized spacial score (nSPS) is 11.1. The van der Waals surface area contributed by atoms with Crippen LogP contribution in [0.25, 0.3) is 22.3 Å². The average molecular weight is 409 g/mol. The number of ether oxygens (including phenoxy) is 1. The Balaban J connectivity index is 1.93. The van der Waals surface area contributed by atoms with Gasteiger partial charge in [0.2, 0.25) is 5.91 Å². The summed E-state index contributed by atoms with van der Waals surface area (Å²) in [6.07, 6.45) is 1.65. The van der Waals surface area contributed by atoms with E-state index in [-0.39, 0.29) is 24.4 Å². The van der Waals surface area contributed by atoms with Crippen LogP contribution in [0, 0.1) is 6.92 Å². The summed E-state index contributed by atoms with van der Waals surface area (Å²) in [5.41, 5.74) is 3.81. The Hall–Kier alpha value is -3.26. The lowest BCUT2D eigenvalue weighted by atomic mass is 10.1. The van der Waals surface area contributed by atoms with E-state index in [1.54, 1.807) is 24.1 Å². The van der Waals surface area contributed by atoms with Gasteiger partial charge in [-0.1, -0.05) is 29.8 Å². The van der Waals surface area contributed by atoms with Crippen LogP contribution in [0.5, 0.6) is 0 Å². The highest BCUT2D eigenvalue weighted by Crippen LogP contribution is 2.26. The van der Waals surface area contributed by atoms with Crippen molar-refractivity contribution in [2.24, 2.45) is 0 Å². The first-order valence-electron chi connectivity index (χ1n) is 9.90. The number of aromatic nitrogens is 3. The molecule has 0 saturated carbocycles. The highest BCUT2D eigenvalue weighted by Gasteiger charge is 2.19. The average Bonchev–Trinajstić information content (AvgIpc) is 3.16. The first-order valence-corrected chi connectivity index (χ1v) is 9.90. The second-order valence-corrected chi connectivity index (χ2v) is 7.37. The number of fused-ring (bicyclic) bond motifs is 1. The molecule has 1 aromatic carbocycles. The van der Waals surface area contributed by atoms with E-state index in [1.807, 2.05) is 45.0 Å². The lowest BCUT2D eigenvalue weighted by Crippen LogP contribution is -2.38. The maximum absolute atomic E-state index is 12.9. The van der Waals surface area contributed by atoms with Crippen molar-refractivity contribution in [3.63, 3.8) is 0 Å². The van der Waals surface area contributed by atoms with E-state index in [0.29, 0.717) is 35.4 Å². The quantitative estimate of drug-likeness (QED) is 0.557. The number of nitrogens with zero attached hydrogens (tertiary/aromatic N) is 3. The Morgan fingerprint density at radius 1 is 1.17 bits per heavy atom. The molecule has 2 heterocycles. The monoisotopic (exact) mass is 409 g/mol. The summed E-state index contributed by atoms with van der Waals surface area (Å²) in [7, 11) is 1.56. The molecule has 2 N–H and O–H groups in total. The Bertz CT molecular complexity index is 1040. The number of amides is 2. The Labute approximate surface area is 175 Å². The third-order valence-electron chi connectivity index (χ3n) is 4.69. The van der Waals surface area contributed by atoms with Crippen LogP contribution in [0.15, 0.2) is 36.5 Å². The van der Waals surface area contributed by atoms with E-state index in [9.17, 15) is 9.59 Å². The van der Waals surface area contributed by atoms with Crippen molar-refractivity contribution in [3.8, 4) is 11.3 Å². The van der Waals surface area contributed by atoms with Crippen molar-refractivity contribution in [1.29, 1.82) is 0 Å². The maximum atomic E-state index is 12.9. The zero-order valence-electron chi connectivity index (χ0n) is 17.7. The van der Waals surface area contributed by atoms with Crippen LogP contribution < -0.4 is 10.6 Å². The van der Waals surface area contributed by atoms with Crippen LogP contribution >= 0.6 is 0 Å². The molecular weight excluding hydrogens is 382 g/mol. The van der Waals surface area contributed by atoms with Crippen LogP contribution in [0.2, 0.25) is 0 Å². The number of hydrogen-bond acceptors (Lipinski definition) is 5. The van der Waals surface area contributed by atoms with E-state index < -0.39 is 0 Å². The van der Waals surface area contributed by atoms with Crippen LogP contribution in [0.3, 0.4) is 0 Å². The van der Waals surface area contributed by atoms with Crippen molar-refractivity contribution in [2.75, 3.05) is 26.8 Å². The molecule has 8 nitrogen and oxygen atoms in total. The minimum absolute atomic E-state index is 0.0886. The molecule has 158 valence electrons. The minimum Gasteiger partial charge on any atom is -0.383 e. The second-order valence-electron chi connectivity index (χ2n) is 7.37. The van der Waals surface area contributed by atoms with Crippen LogP contribution in [0.4, 0.5) is 0 Å². The summed E-state index contributed by atoms with van der Waals surface area (Å²) < 4.78 is 6.69. The number of aryl methyl sites for hydroxylation is 1. The van der Waals surface area contributed by atoms with Crippen molar-refractivity contribution in [3.05, 3.63) is 47.7 Å². The molecule has 2 amide bonds. The third-order valence-corrected chi connectivity index (χ3v) is 4.69. The molecule has 0 spiro atoms. The molecule has 0 radical (unpaired) electrons. The molecule has 0 atom stereocenters. The highest BCUT2D eigenvalue weighted by atomic mass is 16.5. The first kappa shape index (κ1) is 21.4. The van der Waals surface area contributed by atoms with Crippen molar-refractivity contribution in [1.82, 2.24) is 25.4 Å². The minimum atomic E-state index is -0.346. The molecule has 30 heavy (non-hydrogen) atoms. The standard InChI is InChI=1S/C22H27N5O3/c1-14(2)27-21-18(12-25-27)17(22(29)24-13-20(28)23-9-10-30-4)11-19(26-21)16-7-5-15(3)6-8-16/h5-8,11-12,14H,9-10,13H2,1-4H3,(H,23,28)(H,24,29). The fraction of sp³-hybridized carbons (Fsp3) is 0.364. The van der Waals surface area contributed by atoms with Gasteiger partial charge in [-0.25, -0.2) is 9.67 Å². The lowest BCUT2D eigenvalue weighted by Gasteiger charge is -2.11. The summed E-state index contributed by atoms with van der Waals surface area (Å²) in [6, 6.07) is 9.80. The molecule has 0 fully saturated rings. The number of benzene rings is 1. The third kappa shape index (κ3) is 4.83. The van der Waals surface area contributed by atoms with Gasteiger partial charge in [0, 0.05) is 25.3 Å². The second kappa shape index (κ2) is 9.49. The van der Waals surface area contributed by atoms with Gasteiger partial charge in [-0.3, -0.25) is 9.59 Å². The topological polar surface area (TPSA) is 98.1 Å². The molecule has 0 unspecified atom stereocenters. The summed E-state index contributed by atoms with van der Waals surface area (Å²) in [6.45, 7) is 6.73. The Kier molecular flexibility index (Phi) is 6.79. The van der Waals surface area contributed by atoms with E-state index in [4.69, 9.17) is 9.72 Å². The number of pyridine rings is 1. The molecule has 0 bridgehead atoms. The largest absolute Gasteiger partial charge is 0.383 e. The number of methoxy groups -OCH3 is 1. The van der Waals surface area contributed by atoms with Gasteiger partial charge in [0.1, 0.15) is 0 Å². The summed E-state index contributed by atoms with van der Waals surface area (Å²) >= 11 is 0. The molecular formula is C22H27N5O3. The van der Waals surface area contributed by atoms with Crippen LogP contribution in [-0.4, -0.2) is 53.4 Å². The van der Waals surface area contributed by atoms with E-state index in [1.165, 1.54) is 0 Å². The number of hydrogen-bond donors (Lipinski definition) is 2. The maximum Gasteiger partial charge on any atom is 0.252 e. The lowest BCUT2D eigenvalue weighted by molar-refractivity contribution is -0.120. The molecule has 0 aliphatic rings. The Morgan fingerprint density at radius 2 is 1.90 bits per heavy atom. The van der Waals surface area contributed by atoms with Crippen molar-refractivity contribution < 1.29 is 14.3 Å². The van der Waals surface area contributed by atoms with E-state index >= 15 is 0 Å². The zero-order chi connectivity index (χ0) is 21.7. The van der Waals surface area contributed by atoms with Crippen LogP contribution in [-0.2, 0) is 9.53 Å². The van der Waals surface area contributed by atoms with Crippen LogP contribution in [0.1, 0.15) is 35.8 Å². The predicted molar refractivity (Wildman–Crippen MR) is 115 cm³/mol. The summed E-state index contributed by atoms with van der Waals surface area (Å²) in [5, 5.41) is 10.4. The van der Waals surface area contributed by atoms with Gasteiger partial charge in [0.15, 0.2) is 5.65 Å². The summed E-state index contributed by atoms with van der Waals surface area (Å²) in [5.74, 6) is -0.622. The van der Waals surface area contributed by atoms with Crippen molar-refractivity contribution in [2.45, 2.75) is 26.8 Å². The fourth-order valence-corrected chi connectivity index (χ4v) is 3.07. The van der Waals surface area contributed by atoms with E-state index in [0.717, 1.165) is 11.1 Å². The predicted octanol–water partition coefficient (Wildman–Crippen LogP) is 2.48. The number of carbonyl (C=O) groups is 2. The number of carbonyl (C=O) groups excluding carboxylic acids is 2. The molecule has 3 rings (SSSR count). The SMILES string of the molecule is COCCNC(=O)CNC(=O)c1cc(-c2ccc(C)cc2)nc2c1cnn2C(C)C. The highest BCUT2D eigenvalue weighted by molar-refractivity contribution is 6.07. The van der Waals surface area contributed by atoms with E-state index in [2.05, 4.69) is 15.7 Å². The van der Waals surface area contributed by atoms with Gasteiger partial charge in [-0.2, -0.15) is 5.10 Å². The smallest absolute Gasteiger partial charge is 0.252 e. The van der Waals surface area contributed by atoms with Gasteiger partial charge in [0.25, 0.3) is 5.91 Å². The summed E-state index contributed by atoms with van der Waals surface area (Å²) in [4.78, 5) is 29.6. The Morgan fingerprint density at radius 3 is 2.57 bits per heavy atom. The van der Waals surface area contributed by atoms with Crippen molar-refractivity contribution >= 4 is 22.8 Å². The first-order chi connectivity index (χ1) is 14.4. The molecule has 2 aromatic heterocycles. The fourth-order valence-electron chi connectivity index (χ4n) is 3.07. The van der Waals surface area contributed by atoms with Gasteiger partial charge < -0.3 is 15.4 Å². The number of nitrogens with one attached hydrogen (secondary N) is 2. The van der Waals surface area contributed by atoms with Gasteiger partial charge >= 0.3 is 0 Å². The molecule has 0 saturated heterocycles. The molecule has 0 aliphatic carbocycles. The zero-order valence-corrected chi connectivity index (χ0v) is 17.7. The van der Waals surface area contributed by atoms with Gasteiger partial charge in [-0.15, -0.1) is 0 Å². The van der Waals surface area contributed by atoms with Gasteiger partial charge in [0.05, 0.1) is 36.0 Å². The van der Waals surface area contributed by atoms with Gasteiger partial charge in [-0.05, 0) is 26.8 Å². The number of rotatable bonds is 8.